The van der Waals surface area contributed by atoms with Gasteiger partial charge in [-0.15, -0.1) is 11.8 Å². The van der Waals surface area contributed by atoms with Crippen LogP contribution < -0.4 is 5.32 Å². The first kappa shape index (κ1) is 16.9. The highest BCUT2D eigenvalue weighted by Gasteiger charge is 2.18. The van der Waals surface area contributed by atoms with Crippen LogP contribution in [0.25, 0.3) is 0 Å². The molecule has 0 aromatic heterocycles. The number of likely N-dealkylation sites (tertiary alicyclic amines) is 1. The number of benzene rings is 1. The number of rotatable bonds is 7. The number of thioether (sulfide) groups is 1. The molecule has 2 amide bonds. The van der Waals surface area contributed by atoms with Gasteiger partial charge < -0.3 is 10.2 Å². The van der Waals surface area contributed by atoms with Crippen molar-refractivity contribution in [1.82, 2.24) is 10.2 Å². The van der Waals surface area contributed by atoms with E-state index in [0.29, 0.717) is 18.7 Å². The van der Waals surface area contributed by atoms with Crippen molar-refractivity contribution in [2.45, 2.75) is 38.0 Å². The first-order valence-corrected chi connectivity index (χ1v) is 8.79. The van der Waals surface area contributed by atoms with Crippen molar-refractivity contribution < 1.29 is 9.59 Å². The molecule has 22 heavy (non-hydrogen) atoms. The van der Waals surface area contributed by atoms with Crippen molar-refractivity contribution in [2.75, 3.05) is 25.4 Å². The highest BCUT2D eigenvalue weighted by molar-refractivity contribution is 8.00. The summed E-state index contributed by atoms with van der Waals surface area (Å²) in [5.41, 5.74) is 2.42. The summed E-state index contributed by atoms with van der Waals surface area (Å²) in [6, 6.07) is 6.29. The maximum Gasteiger partial charge on any atom is 0.230 e. The molecule has 0 saturated carbocycles. The van der Waals surface area contributed by atoms with Crippen molar-refractivity contribution in [3.63, 3.8) is 0 Å². The summed E-state index contributed by atoms with van der Waals surface area (Å²) < 4.78 is 0. The lowest BCUT2D eigenvalue weighted by molar-refractivity contribution is -0.127. The second-order valence-electron chi connectivity index (χ2n) is 5.75. The average molecular weight is 320 g/mol. The van der Waals surface area contributed by atoms with E-state index in [1.54, 1.807) is 11.8 Å². The lowest BCUT2D eigenvalue weighted by Crippen LogP contribution is -2.31. The van der Waals surface area contributed by atoms with E-state index in [0.717, 1.165) is 30.8 Å². The smallest absolute Gasteiger partial charge is 0.230 e. The molecule has 0 aliphatic carbocycles. The van der Waals surface area contributed by atoms with Crippen LogP contribution in [0.2, 0.25) is 0 Å². The number of hydrogen-bond donors (Lipinski definition) is 1. The molecule has 1 aromatic rings. The van der Waals surface area contributed by atoms with E-state index in [1.807, 2.05) is 4.90 Å². The highest BCUT2D eigenvalue weighted by Crippen LogP contribution is 2.23. The number of carbonyl (C=O) groups is 2. The zero-order chi connectivity index (χ0) is 15.9. The summed E-state index contributed by atoms with van der Waals surface area (Å²) in [5.74, 6) is 0.739. The van der Waals surface area contributed by atoms with Gasteiger partial charge in [0.2, 0.25) is 11.8 Å². The van der Waals surface area contributed by atoms with Gasteiger partial charge in [0.1, 0.15) is 0 Å². The Labute approximate surface area is 136 Å². The molecule has 1 fully saturated rings. The first-order valence-electron chi connectivity index (χ1n) is 7.81. The summed E-state index contributed by atoms with van der Waals surface area (Å²) in [6.45, 7) is 6.38. The predicted octanol–water partition coefficient (Wildman–Crippen LogP) is 2.52. The van der Waals surface area contributed by atoms with E-state index in [-0.39, 0.29) is 11.8 Å². The summed E-state index contributed by atoms with van der Waals surface area (Å²) in [7, 11) is 0. The molecule has 0 radical (unpaired) electrons. The lowest BCUT2D eigenvalue weighted by Gasteiger charge is -2.15. The van der Waals surface area contributed by atoms with Crippen LogP contribution in [-0.2, 0) is 9.59 Å². The number of aryl methyl sites for hydroxylation is 2. The van der Waals surface area contributed by atoms with E-state index in [9.17, 15) is 9.59 Å². The number of nitrogens with zero attached hydrogens (tertiary/aromatic N) is 1. The third-order valence-corrected chi connectivity index (χ3v) is 4.96. The zero-order valence-corrected chi connectivity index (χ0v) is 14.2. The minimum Gasteiger partial charge on any atom is -0.355 e. The zero-order valence-electron chi connectivity index (χ0n) is 13.4. The Bertz CT molecular complexity index is 545. The molecule has 0 atom stereocenters. The molecule has 2 rings (SSSR count). The molecule has 1 N–H and O–H groups in total. The van der Waals surface area contributed by atoms with E-state index < -0.39 is 0 Å². The highest BCUT2D eigenvalue weighted by atomic mass is 32.2. The average Bonchev–Trinajstić information content (AvgIpc) is 2.90. The van der Waals surface area contributed by atoms with Crippen molar-refractivity contribution in [2.24, 2.45) is 0 Å². The minimum atomic E-state index is 0.0543. The maximum atomic E-state index is 11.9. The topological polar surface area (TPSA) is 49.4 Å². The molecule has 1 saturated heterocycles. The van der Waals surface area contributed by atoms with Crippen molar-refractivity contribution >= 4 is 23.6 Å². The Morgan fingerprint density at radius 1 is 1.36 bits per heavy atom. The van der Waals surface area contributed by atoms with Crippen LogP contribution in [0.5, 0.6) is 0 Å². The Morgan fingerprint density at radius 3 is 2.91 bits per heavy atom. The Balaban J connectivity index is 1.63. The minimum absolute atomic E-state index is 0.0543. The Kier molecular flexibility index (Phi) is 6.31. The van der Waals surface area contributed by atoms with Crippen LogP contribution in [-0.4, -0.2) is 42.1 Å². The molecule has 0 spiro atoms. The second-order valence-corrected chi connectivity index (χ2v) is 6.76. The summed E-state index contributed by atoms with van der Waals surface area (Å²) in [5, 5.41) is 2.93. The number of hydrogen-bond acceptors (Lipinski definition) is 3. The van der Waals surface area contributed by atoms with Gasteiger partial charge in [0, 0.05) is 31.0 Å². The van der Waals surface area contributed by atoms with Gasteiger partial charge in [-0.3, -0.25) is 9.59 Å². The maximum absolute atomic E-state index is 11.9. The molecule has 4 nitrogen and oxygen atoms in total. The standard InChI is InChI=1S/C17H24N2O2S/c1-13-6-7-14(2)15(11-13)22-12-16(20)18-8-4-10-19-9-3-5-17(19)21/h6-7,11H,3-5,8-10,12H2,1-2H3,(H,18,20). The van der Waals surface area contributed by atoms with Crippen LogP contribution in [0.4, 0.5) is 0 Å². The van der Waals surface area contributed by atoms with Gasteiger partial charge in [0.25, 0.3) is 0 Å². The predicted molar refractivity (Wildman–Crippen MR) is 90.1 cm³/mol. The quantitative estimate of drug-likeness (QED) is 0.620. The molecule has 1 aliphatic heterocycles. The largest absolute Gasteiger partial charge is 0.355 e. The van der Waals surface area contributed by atoms with Crippen LogP contribution in [0.1, 0.15) is 30.4 Å². The summed E-state index contributed by atoms with van der Waals surface area (Å²) in [4.78, 5) is 26.4. The molecule has 1 heterocycles. The van der Waals surface area contributed by atoms with Crippen LogP contribution in [0.3, 0.4) is 0 Å². The van der Waals surface area contributed by atoms with Gasteiger partial charge in [-0.05, 0) is 38.3 Å². The molecule has 5 heteroatoms. The molecular weight excluding hydrogens is 296 g/mol. The second kappa shape index (κ2) is 8.22. The van der Waals surface area contributed by atoms with E-state index >= 15 is 0 Å². The van der Waals surface area contributed by atoms with Gasteiger partial charge in [0.15, 0.2) is 0 Å². The SMILES string of the molecule is Cc1ccc(C)c(SCC(=O)NCCCN2CCCC2=O)c1. The van der Waals surface area contributed by atoms with Crippen LogP contribution in [0.15, 0.2) is 23.1 Å². The monoisotopic (exact) mass is 320 g/mol. The third kappa shape index (κ3) is 5.05. The Morgan fingerprint density at radius 2 is 2.18 bits per heavy atom. The fourth-order valence-electron chi connectivity index (χ4n) is 2.50. The summed E-state index contributed by atoms with van der Waals surface area (Å²) >= 11 is 1.58. The van der Waals surface area contributed by atoms with Gasteiger partial charge in [-0.1, -0.05) is 17.7 Å². The number of carbonyl (C=O) groups excluding carboxylic acids is 2. The van der Waals surface area contributed by atoms with Crippen molar-refractivity contribution in [1.29, 1.82) is 0 Å². The van der Waals surface area contributed by atoms with Crippen molar-refractivity contribution in [3.8, 4) is 0 Å². The fourth-order valence-corrected chi connectivity index (χ4v) is 3.45. The normalized spacial score (nSPS) is 14.5. The first-order chi connectivity index (χ1) is 10.6. The van der Waals surface area contributed by atoms with Gasteiger partial charge >= 0.3 is 0 Å². The van der Waals surface area contributed by atoms with Crippen molar-refractivity contribution in [3.05, 3.63) is 29.3 Å². The third-order valence-electron chi connectivity index (χ3n) is 3.80. The van der Waals surface area contributed by atoms with Gasteiger partial charge in [-0.25, -0.2) is 0 Å². The van der Waals surface area contributed by atoms with Crippen LogP contribution >= 0.6 is 11.8 Å². The van der Waals surface area contributed by atoms with E-state index in [1.165, 1.54) is 11.1 Å². The number of nitrogens with one attached hydrogen (secondary N) is 1. The Hall–Kier alpha value is -1.49. The molecular formula is C17H24N2O2S. The summed E-state index contributed by atoms with van der Waals surface area (Å²) in [6.07, 6.45) is 2.47. The molecule has 120 valence electrons. The molecule has 0 unspecified atom stereocenters. The lowest BCUT2D eigenvalue weighted by atomic mass is 10.2. The van der Waals surface area contributed by atoms with Gasteiger partial charge in [0.05, 0.1) is 5.75 Å². The molecule has 1 aromatic carbocycles. The van der Waals surface area contributed by atoms with E-state index in [2.05, 4.69) is 37.4 Å². The number of amides is 2. The molecule has 1 aliphatic rings. The van der Waals surface area contributed by atoms with Gasteiger partial charge in [-0.2, -0.15) is 0 Å². The van der Waals surface area contributed by atoms with Crippen LogP contribution in [0, 0.1) is 13.8 Å². The van der Waals surface area contributed by atoms with E-state index in [4.69, 9.17) is 0 Å². The fraction of sp³-hybridized carbons (Fsp3) is 0.529. The molecule has 0 bridgehead atoms.